The van der Waals surface area contributed by atoms with Gasteiger partial charge in [0.25, 0.3) is 0 Å². The van der Waals surface area contributed by atoms with Crippen LogP contribution in [0.5, 0.6) is 0 Å². The number of fused-ring (bicyclic) bond motifs is 1. The van der Waals surface area contributed by atoms with Crippen LogP contribution in [0.15, 0.2) is 30.7 Å². The molecule has 0 aromatic carbocycles. The van der Waals surface area contributed by atoms with E-state index in [1.54, 1.807) is 6.20 Å². The number of imidazole rings is 1. The van der Waals surface area contributed by atoms with Crippen molar-refractivity contribution in [2.24, 2.45) is 0 Å². The molecule has 1 atom stereocenters. The molecule has 1 aliphatic heterocycles. The van der Waals surface area contributed by atoms with Gasteiger partial charge in [0.15, 0.2) is 0 Å². The normalized spacial score (nSPS) is 17.5. The number of nitrogens with one attached hydrogen (secondary N) is 1. The third-order valence-corrected chi connectivity index (χ3v) is 4.98. The summed E-state index contributed by atoms with van der Waals surface area (Å²) in [6, 6.07) is 6.15. The van der Waals surface area contributed by atoms with Gasteiger partial charge >= 0.3 is 0 Å². The van der Waals surface area contributed by atoms with Crippen LogP contribution in [0.25, 0.3) is 0 Å². The van der Waals surface area contributed by atoms with Crippen LogP contribution < -0.4 is 5.32 Å². The van der Waals surface area contributed by atoms with Gasteiger partial charge in [0.1, 0.15) is 6.04 Å². The Labute approximate surface area is 155 Å². The van der Waals surface area contributed by atoms with Crippen LogP contribution in [-0.2, 0) is 17.6 Å². The van der Waals surface area contributed by atoms with Crippen LogP contribution in [0, 0.1) is 0 Å². The summed E-state index contributed by atoms with van der Waals surface area (Å²) in [6.07, 6.45) is 5.29. The number of hydrogen-bond acceptors (Lipinski definition) is 4. The Morgan fingerprint density at radius 2 is 2.04 bits per heavy atom. The second-order valence-corrected chi connectivity index (χ2v) is 7.42. The highest BCUT2D eigenvalue weighted by molar-refractivity contribution is 5.83. The largest absolute Gasteiger partial charge is 0.354 e. The molecule has 6 heteroatoms. The highest BCUT2D eigenvalue weighted by Gasteiger charge is 2.37. The van der Waals surface area contributed by atoms with Crippen molar-refractivity contribution < 1.29 is 4.79 Å². The predicted molar refractivity (Wildman–Crippen MR) is 102 cm³/mol. The number of pyridine rings is 1. The molecule has 26 heavy (non-hydrogen) atoms. The Morgan fingerprint density at radius 1 is 1.23 bits per heavy atom. The van der Waals surface area contributed by atoms with Crippen LogP contribution in [0.1, 0.15) is 56.9 Å². The number of nitrogens with zero attached hydrogens (tertiary/aromatic N) is 4. The number of carbonyl (C=O) groups is 1. The Kier molecular flexibility index (Phi) is 5.71. The van der Waals surface area contributed by atoms with Crippen molar-refractivity contribution in [1.82, 2.24) is 24.8 Å². The second-order valence-electron chi connectivity index (χ2n) is 7.42. The van der Waals surface area contributed by atoms with Gasteiger partial charge in [-0.2, -0.15) is 0 Å². The summed E-state index contributed by atoms with van der Waals surface area (Å²) in [7, 11) is 0. The molecule has 2 aromatic heterocycles. The molecule has 0 saturated heterocycles. The lowest BCUT2D eigenvalue weighted by Crippen LogP contribution is -2.48. The molecule has 0 saturated carbocycles. The van der Waals surface area contributed by atoms with Crippen LogP contribution >= 0.6 is 0 Å². The Bertz CT molecular complexity index is 738. The maximum Gasteiger partial charge on any atom is 0.243 e. The molecule has 0 bridgehead atoms. The minimum absolute atomic E-state index is 0.0537. The van der Waals surface area contributed by atoms with Crippen LogP contribution in [0.3, 0.4) is 0 Å². The molecule has 1 aliphatic rings. The maximum atomic E-state index is 13.1. The van der Waals surface area contributed by atoms with Gasteiger partial charge < -0.3 is 9.88 Å². The standard InChI is InChI=1S/C20H29N5O/c1-14(2)24-12-9-17-18(25(13-23-17)15(3)4)19(24)20(26)22-11-8-16-7-5-6-10-21-16/h5-7,10,13-15,19H,8-9,11-12H2,1-4H3,(H,22,26)/t19-/m1/s1. The van der Waals surface area contributed by atoms with Gasteiger partial charge in [-0.15, -0.1) is 0 Å². The fraction of sp³-hybridized carbons (Fsp3) is 0.550. The van der Waals surface area contributed by atoms with Gasteiger partial charge in [0.05, 0.1) is 17.7 Å². The molecule has 6 nitrogen and oxygen atoms in total. The van der Waals surface area contributed by atoms with Crippen molar-refractivity contribution in [2.45, 2.75) is 58.7 Å². The molecule has 0 spiro atoms. The first-order valence-electron chi connectivity index (χ1n) is 9.48. The third kappa shape index (κ3) is 3.80. The number of hydrogen-bond donors (Lipinski definition) is 1. The van der Waals surface area contributed by atoms with E-state index in [2.05, 4.69) is 52.4 Å². The Hall–Kier alpha value is -2.21. The lowest BCUT2D eigenvalue weighted by atomic mass is 9.99. The SMILES string of the molecule is CC(C)N1CCc2ncn(C(C)C)c2[C@@H]1C(=O)NCCc1ccccn1. The second kappa shape index (κ2) is 7.99. The summed E-state index contributed by atoms with van der Waals surface area (Å²) in [5.74, 6) is 0.0537. The van der Waals surface area contributed by atoms with Crippen LogP contribution in [0.4, 0.5) is 0 Å². The smallest absolute Gasteiger partial charge is 0.243 e. The van der Waals surface area contributed by atoms with Crippen molar-refractivity contribution >= 4 is 5.91 Å². The van der Waals surface area contributed by atoms with E-state index in [4.69, 9.17) is 0 Å². The fourth-order valence-corrected chi connectivity index (χ4v) is 3.62. The van der Waals surface area contributed by atoms with E-state index < -0.39 is 0 Å². The van der Waals surface area contributed by atoms with Gasteiger partial charge in [0, 0.05) is 49.9 Å². The van der Waals surface area contributed by atoms with Crippen molar-refractivity contribution in [1.29, 1.82) is 0 Å². The molecule has 0 aliphatic carbocycles. The molecule has 3 rings (SSSR count). The molecule has 0 radical (unpaired) electrons. The summed E-state index contributed by atoms with van der Waals surface area (Å²) in [5.41, 5.74) is 3.10. The van der Waals surface area contributed by atoms with E-state index in [0.29, 0.717) is 12.6 Å². The number of carbonyl (C=O) groups excluding carboxylic acids is 1. The third-order valence-electron chi connectivity index (χ3n) is 4.98. The minimum Gasteiger partial charge on any atom is -0.354 e. The van der Waals surface area contributed by atoms with E-state index in [1.807, 2.05) is 24.5 Å². The van der Waals surface area contributed by atoms with Crippen molar-refractivity contribution in [3.63, 3.8) is 0 Å². The first kappa shape index (κ1) is 18.6. The zero-order valence-electron chi connectivity index (χ0n) is 16.1. The predicted octanol–water partition coefficient (Wildman–Crippen LogP) is 2.53. The van der Waals surface area contributed by atoms with Crippen molar-refractivity contribution in [3.05, 3.63) is 47.8 Å². The van der Waals surface area contributed by atoms with Crippen LogP contribution in [-0.4, -0.2) is 44.5 Å². The Morgan fingerprint density at radius 3 is 2.69 bits per heavy atom. The summed E-state index contributed by atoms with van der Waals surface area (Å²) >= 11 is 0. The Balaban J connectivity index is 1.78. The summed E-state index contributed by atoms with van der Waals surface area (Å²) in [5, 5.41) is 3.12. The molecule has 2 aromatic rings. The number of rotatable bonds is 6. The molecular formula is C20H29N5O. The zero-order chi connectivity index (χ0) is 18.7. The summed E-state index contributed by atoms with van der Waals surface area (Å²) in [4.78, 5) is 24.3. The maximum absolute atomic E-state index is 13.1. The highest BCUT2D eigenvalue weighted by atomic mass is 16.2. The van der Waals surface area contributed by atoms with Crippen molar-refractivity contribution in [3.8, 4) is 0 Å². The summed E-state index contributed by atoms with van der Waals surface area (Å²) in [6.45, 7) is 10.0. The van der Waals surface area contributed by atoms with Gasteiger partial charge in [0.2, 0.25) is 5.91 Å². The van der Waals surface area contributed by atoms with Gasteiger partial charge in [-0.05, 0) is 39.8 Å². The van der Waals surface area contributed by atoms with E-state index in [-0.39, 0.29) is 18.0 Å². The molecule has 0 unspecified atom stereocenters. The number of aromatic nitrogens is 3. The van der Waals surface area contributed by atoms with Crippen LogP contribution in [0.2, 0.25) is 0 Å². The molecule has 1 amide bonds. The zero-order valence-corrected chi connectivity index (χ0v) is 16.1. The average Bonchev–Trinajstić information content (AvgIpc) is 3.06. The quantitative estimate of drug-likeness (QED) is 0.865. The lowest BCUT2D eigenvalue weighted by molar-refractivity contribution is -0.128. The molecule has 1 N–H and O–H groups in total. The van der Waals surface area contributed by atoms with E-state index in [0.717, 1.165) is 36.5 Å². The first-order chi connectivity index (χ1) is 12.5. The molecule has 0 fully saturated rings. The minimum atomic E-state index is -0.285. The molecule has 3 heterocycles. The van der Waals surface area contributed by atoms with Gasteiger partial charge in [-0.1, -0.05) is 6.07 Å². The van der Waals surface area contributed by atoms with Crippen molar-refractivity contribution in [2.75, 3.05) is 13.1 Å². The average molecular weight is 355 g/mol. The molecule has 140 valence electrons. The van der Waals surface area contributed by atoms with E-state index >= 15 is 0 Å². The highest BCUT2D eigenvalue weighted by Crippen LogP contribution is 2.32. The fourth-order valence-electron chi connectivity index (χ4n) is 3.62. The van der Waals surface area contributed by atoms with E-state index in [9.17, 15) is 4.79 Å². The van der Waals surface area contributed by atoms with Gasteiger partial charge in [-0.3, -0.25) is 14.7 Å². The monoisotopic (exact) mass is 355 g/mol. The first-order valence-corrected chi connectivity index (χ1v) is 9.48. The number of amides is 1. The van der Waals surface area contributed by atoms with Gasteiger partial charge in [-0.25, -0.2) is 4.98 Å². The topological polar surface area (TPSA) is 63.1 Å². The van der Waals surface area contributed by atoms with E-state index in [1.165, 1.54) is 0 Å². The summed E-state index contributed by atoms with van der Waals surface area (Å²) < 4.78 is 2.15. The lowest BCUT2D eigenvalue weighted by Gasteiger charge is -2.38. The molecular weight excluding hydrogens is 326 g/mol.